The highest BCUT2D eigenvalue weighted by Crippen LogP contribution is 2.26. The molecule has 2 heterocycles. The molecule has 0 radical (unpaired) electrons. The van der Waals surface area contributed by atoms with Crippen LogP contribution in [0.3, 0.4) is 0 Å². The molecule has 3 rings (SSSR count). The minimum atomic E-state index is -0.0282. The molecule has 0 bridgehead atoms. The van der Waals surface area contributed by atoms with E-state index in [2.05, 4.69) is 16.3 Å². The Bertz CT molecular complexity index is 673. The Balaban J connectivity index is 1.46. The number of amides is 3. The Morgan fingerprint density at radius 2 is 1.89 bits per heavy atom. The topological polar surface area (TPSA) is 65.1 Å². The van der Waals surface area contributed by atoms with Gasteiger partial charge >= 0.3 is 6.03 Å². The molecule has 0 saturated carbocycles. The van der Waals surface area contributed by atoms with Crippen LogP contribution in [-0.4, -0.2) is 80.8 Å². The van der Waals surface area contributed by atoms with Crippen LogP contribution in [0.1, 0.15) is 25.3 Å². The predicted octanol–water partition coefficient (Wildman–Crippen LogP) is 1.72. The number of para-hydroxylation sites is 1. The Morgan fingerprint density at radius 3 is 2.64 bits per heavy atom. The molecule has 28 heavy (non-hydrogen) atoms. The Labute approximate surface area is 167 Å². The second-order valence-electron chi connectivity index (χ2n) is 7.67. The third-order valence-electron chi connectivity index (χ3n) is 5.55. The van der Waals surface area contributed by atoms with Gasteiger partial charge in [-0.3, -0.25) is 9.69 Å². The summed E-state index contributed by atoms with van der Waals surface area (Å²) >= 11 is 0. The van der Waals surface area contributed by atoms with E-state index in [4.69, 9.17) is 4.74 Å². The molecule has 1 aromatic carbocycles. The van der Waals surface area contributed by atoms with Crippen LogP contribution in [0.2, 0.25) is 0 Å². The highest BCUT2D eigenvalue weighted by molar-refractivity contribution is 5.96. The van der Waals surface area contributed by atoms with Crippen LogP contribution in [0.4, 0.5) is 10.5 Å². The van der Waals surface area contributed by atoms with Gasteiger partial charge in [-0.15, -0.1) is 0 Å². The van der Waals surface area contributed by atoms with Gasteiger partial charge in [0.1, 0.15) is 0 Å². The molecule has 7 nitrogen and oxygen atoms in total. The number of rotatable bonds is 6. The molecule has 1 N–H and O–H groups in total. The number of aryl methyl sites for hydroxylation is 1. The van der Waals surface area contributed by atoms with E-state index in [-0.39, 0.29) is 18.0 Å². The molecule has 1 saturated heterocycles. The number of nitrogens with one attached hydrogen (secondary N) is 1. The zero-order chi connectivity index (χ0) is 19.9. The molecule has 1 fully saturated rings. The molecular formula is C21H32N4O3. The molecular weight excluding hydrogens is 356 g/mol. The van der Waals surface area contributed by atoms with Gasteiger partial charge in [0.2, 0.25) is 5.91 Å². The van der Waals surface area contributed by atoms with Crippen LogP contribution < -0.4 is 10.2 Å². The summed E-state index contributed by atoms with van der Waals surface area (Å²) in [6.07, 6.45) is 2.85. The third-order valence-corrected chi connectivity index (χ3v) is 5.55. The number of hydrogen-bond donors (Lipinski definition) is 1. The van der Waals surface area contributed by atoms with Crippen molar-refractivity contribution in [3.05, 3.63) is 29.8 Å². The number of ether oxygens (including phenoxy) is 1. The van der Waals surface area contributed by atoms with Gasteiger partial charge in [0, 0.05) is 58.2 Å². The molecule has 1 unspecified atom stereocenters. The first-order valence-corrected chi connectivity index (χ1v) is 10.2. The maximum Gasteiger partial charge on any atom is 0.317 e. The summed E-state index contributed by atoms with van der Waals surface area (Å²) in [5.41, 5.74) is 2.31. The number of carbonyl (C=O) groups excluding carboxylic acids is 2. The number of methoxy groups -OCH3 is 1. The second-order valence-corrected chi connectivity index (χ2v) is 7.67. The fraction of sp³-hybridized carbons (Fsp3) is 0.619. The maximum atomic E-state index is 12.9. The third kappa shape index (κ3) is 5.23. The van der Waals surface area contributed by atoms with Gasteiger partial charge in [0.15, 0.2) is 0 Å². The first-order chi connectivity index (χ1) is 13.6. The monoisotopic (exact) mass is 388 g/mol. The Hall–Kier alpha value is -2.12. The molecule has 1 atom stereocenters. The van der Waals surface area contributed by atoms with Crippen molar-refractivity contribution >= 4 is 17.6 Å². The summed E-state index contributed by atoms with van der Waals surface area (Å²) in [4.78, 5) is 31.1. The molecule has 2 aliphatic heterocycles. The van der Waals surface area contributed by atoms with Crippen molar-refractivity contribution in [2.45, 2.75) is 32.2 Å². The molecule has 154 valence electrons. The van der Waals surface area contributed by atoms with Crippen molar-refractivity contribution in [1.82, 2.24) is 15.1 Å². The number of hydrogen-bond acceptors (Lipinski definition) is 4. The van der Waals surface area contributed by atoms with Gasteiger partial charge in [-0.1, -0.05) is 18.2 Å². The first kappa shape index (κ1) is 20.6. The van der Waals surface area contributed by atoms with Gasteiger partial charge in [0.05, 0.1) is 6.54 Å². The van der Waals surface area contributed by atoms with E-state index >= 15 is 0 Å². The summed E-state index contributed by atoms with van der Waals surface area (Å²) in [5, 5.41) is 3.02. The Morgan fingerprint density at radius 1 is 1.14 bits per heavy atom. The minimum Gasteiger partial charge on any atom is -0.385 e. The van der Waals surface area contributed by atoms with Gasteiger partial charge in [0.25, 0.3) is 0 Å². The van der Waals surface area contributed by atoms with Crippen LogP contribution in [0.25, 0.3) is 0 Å². The number of nitrogens with zero attached hydrogens (tertiary/aromatic N) is 3. The van der Waals surface area contributed by atoms with Gasteiger partial charge in [-0.2, -0.15) is 0 Å². The van der Waals surface area contributed by atoms with E-state index in [1.807, 2.05) is 34.9 Å². The molecule has 2 aliphatic rings. The summed E-state index contributed by atoms with van der Waals surface area (Å²) in [6, 6.07) is 8.24. The highest BCUT2D eigenvalue weighted by atomic mass is 16.5. The van der Waals surface area contributed by atoms with E-state index < -0.39 is 0 Å². The zero-order valence-corrected chi connectivity index (χ0v) is 17.0. The lowest BCUT2D eigenvalue weighted by Gasteiger charge is -2.36. The number of piperazine rings is 1. The predicted molar refractivity (Wildman–Crippen MR) is 110 cm³/mol. The van der Waals surface area contributed by atoms with Gasteiger partial charge in [-0.25, -0.2) is 4.79 Å². The van der Waals surface area contributed by atoms with E-state index in [0.717, 1.165) is 44.6 Å². The fourth-order valence-corrected chi connectivity index (χ4v) is 3.85. The quantitative estimate of drug-likeness (QED) is 0.806. The molecule has 0 spiro atoms. The van der Waals surface area contributed by atoms with Crippen LogP contribution >= 0.6 is 0 Å². The molecule has 3 amide bonds. The standard InChI is InChI=1S/C21H32N4O3/c1-17(9-15-28-2)22-21(27)24-13-11-23(12-14-24)16-20(26)25-10-5-7-18-6-3-4-8-19(18)25/h3-4,6,8,17H,5,7,9-16H2,1-2H3,(H,22,27). The maximum absolute atomic E-state index is 12.9. The highest BCUT2D eigenvalue weighted by Gasteiger charge is 2.27. The van der Waals surface area contributed by atoms with Crippen LogP contribution in [0.5, 0.6) is 0 Å². The lowest BCUT2D eigenvalue weighted by Crippen LogP contribution is -2.55. The van der Waals surface area contributed by atoms with E-state index in [0.29, 0.717) is 26.2 Å². The summed E-state index contributed by atoms with van der Waals surface area (Å²) in [7, 11) is 1.66. The normalized spacial score (nSPS) is 18.5. The lowest BCUT2D eigenvalue weighted by molar-refractivity contribution is -0.120. The molecule has 7 heteroatoms. The Kier molecular flexibility index (Phi) is 7.28. The zero-order valence-electron chi connectivity index (χ0n) is 17.0. The number of fused-ring (bicyclic) bond motifs is 1. The largest absolute Gasteiger partial charge is 0.385 e. The lowest BCUT2D eigenvalue weighted by atomic mass is 10.0. The summed E-state index contributed by atoms with van der Waals surface area (Å²) in [6.45, 7) is 6.56. The number of carbonyl (C=O) groups is 2. The van der Waals surface area contributed by atoms with Crippen LogP contribution in [0, 0.1) is 0 Å². The van der Waals surface area contributed by atoms with Crippen molar-refractivity contribution in [3.63, 3.8) is 0 Å². The summed E-state index contributed by atoms with van der Waals surface area (Å²) < 4.78 is 5.06. The van der Waals surface area contributed by atoms with E-state index in [1.54, 1.807) is 7.11 Å². The van der Waals surface area contributed by atoms with Gasteiger partial charge < -0.3 is 19.9 Å². The summed E-state index contributed by atoms with van der Waals surface area (Å²) in [5.74, 6) is 0.151. The number of anilines is 1. The average Bonchev–Trinajstić information content (AvgIpc) is 2.72. The van der Waals surface area contributed by atoms with Crippen molar-refractivity contribution in [2.75, 3.05) is 57.9 Å². The molecule has 0 aromatic heterocycles. The number of urea groups is 1. The van der Waals surface area contributed by atoms with Crippen molar-refractivity contribution < 1.29 is 14.3 Å². The molecule has 1 aromatic rings. The SMILES string of the molecule is COCCC(C)NC(=O)N1CCN(CC(=O)N2CCCc3ccccc32)CC1. The van der Waals surface area contributed by atoms with Crippen LogP contribution in [0.15, 0.2) is 24.3 Å². The average molecular weight is 389 g/mol. The van der Waals surface area contributed by atoms with Crippen molar-refractivity contribution in [2.24, 2.45) is 0 Å². The van der Waals surface area contributed by atoms with E-state index in [1.165, 1.54) is 5.56 Å². The molecule has 0 aliphatic carbocycles. The van der Waals surface area contributed by atoms with Crippen molar-refractivity contribution in [1.29, 1.82) is 0 Å². The number of benzene rings is 1. The first-order valence-electron chi connectivity index (χ1n) is 10.2. The second kappa shape index (κ2) is 9.89. The fourth-order valence-electron chi connectivity index (χ4n) is 3.85. The van der Waals surface area contributed by atoms with E-state index in [9.17, 15) is 9.59 Å². The van der Waals surface area contributed by atoms with Gasteiger partial charge in [-0.05, 0) is 37.8 Å². The van der Waals surface area contributed by atoms with Crippen LogP contribution in [-0.2, 0) is 16.0 Å². The van der Waals surface area contributed by atoms with Crippen molar-refractivity contribution in [3.8, 4) is 0 Å². The minimum absolute atomic E-state index is 0.0282. The smallest absolute Gasteiger partial charge is 0.317 e.